The summed E-state index contributed by atoms with van der Waals surface area (Å²) in [5, 5.41) is 0. The monoisotopic (exact) mass is 310 g/mol. The Balaban J connectivity index is 1.73. The van der Waals surface area contributed by atoms with Crippen LogP contribution in [0.5, 0.6) is 0 Å². The molecular formula is C13H17F3O5. The van der Waals surface area contributed by atoms with Gasteiger partial charge in [-0.1, -0.05) is 0 Å². The summed E-state index contributed by atoms with van der Waals surface area (Å²) in [4.78, 5) is 12.0. The van der Waals surface area contributed by atoms with Gasteiger partial charge in [-0.2, -0.15) is 13.2 Å². The van der Waals surface area contributed by atoms with E-state index in [4.69, 9.17) is 18.9 Å². The fraction of sp³-hybridized carbons (Fsp3) is 0.923. The SMILES string of the molecule is CO[C@@H]1C(=O)CC[C@]2(CO2)[C@H]1C1(C)O[C@@H]1OCC(F)(F)F. The average Bonchev–Trinajstić information content (AvgIpc) is 3.28. The molecule has 0 aromatic carbocycles. The smallest absolute Gasteiger partial charge is 0.373 e. The Bertz CT molecular complexity index is 448. The maximum Gasteiger partial charge on any atom is 0.411 e. The Morgan fingerprint density at radius 1 is 1.43 bits per heavy atom. The van der Waals surface area contributed by atoms with Crippen molar-refractivity contribution < 1.29 is 36.9 Å². The van der Waals surface area contributed by atoms with Crippen LogP contribution in [0.2, 0.25) is 0 Å². The van der Waals surface area contributed by atoms with Crippen molar-refractivity contribution in [2.45, 2.75) is 49.5 Å². The van der Waals surface area contributed by atoms with Gasteiger partial charge in [0.15, 0.2) is 12.1 Å². The highest BCUT2D eigenvalue weighted by Gasteiger charge is 2.73. The fourth-order valence-corrected chi connectivity index (χ4v) is 3.39. The average molecular weight is 310 g/mol. The van der Waals surface area contributed by atoms with Crippen molar-refractivity contribution in [3.63, 3.8) is 0 Å². The number of carbonyl (C=O) groups excluding carboxylic acids is 1. The van der Waals surface area contributed by atoms with Gasteiger partial charge in [-0.05, 0) is 13.3 Å². The van der Waals surface area contributed by atoms with Crippen LogP contribution < -0.4 is 0 Å². The first-order chi connectivity index (χ1) is 9.72. The first-order valence-corrected chi connectivity index (χ1v) is 6.77. The van der Waals surface area contributed by atoms with Gasteiger partial charge in [0, 0.05) is 13.5 Å². The second-order valence-corrected chi connectivity index (χ2v) is 6.01. The Morgan fingerprint density at radius 2 is 2.10 bits per heavy atom. The molecule has 3 fully saturated rings. The minimum absolute atomic E-state index is 0.0741. The van der Waals surface area contributed by atoms with Gasteiger partial charge >= 0.3 is 6.18 Å². The molecular weight excluding hydrogens is 293 g/mol. The molecule has 0 aromatic heterocycles. The second-order valence-electron chi connectivity index (χ2n) is 6.01. The van der Waals surface area contributed by atoms with E-state index < -0.39 is 42.3 Å². The zero-order valence-corrected chi connectivity index (χ0v) is 11.7. The van der Waals surface area contributed by atoms with Crippen molar-refractivity contribution in [2.24, 2.45) is 5.92 Å². The summed E-state index contributed by atoms with van der Waals surface area (Å²) in [7, 11) is 1.41. The van der Waals surface area contributed by atoms with E-state index in [1.165, 1.54) is 7.11 Å². The van der Waals surface area contributed by atoms with E-state index in [1.54, 1.807) is 6.92 Å². The summed E-state index contributed by atoms with van der Waals surface area (Å²) in [6.45, 7) is 0.738. The maximum absolute atomic E-state index is 12.2. The van der Waals surface area contributed by atoms with Crippen LogP contribution in [-0.2, 0) is 23.7 Å². The van der Waals surface area contributed by atoms with Crippen LogP contribution in [0.15, 0.2) is 0 Å². The molecule has 2 aliphatic heterocycles. The van der Waals surface area contributed by atoms with Crippen molar-refractivity contribution in [2.75, 3.05) is 20.3 Å². The molecule has 21 heavy (non-hydrogen) atoms. The predicted molar refractivity (Wildman–Crippen MR) is 62.5 cm³/mol. The number of carbonyl (C=O) groups is 1. The Labute approximate surface area is 119 Å². The van der Waals surface area contributed by atoms with Crippen LogP contribution in [0, 0.1) is 5.92 Å². The molecule has 1 aliphatic carbocycles. The fourth-order valence-electron chi connectivity index (χ4n) is 3.39. The lowest BCUT2D eigenvalue weighted by Gasteiger charge is -2.37. The third-order valence-corrected chi connectivity index (χ3v) is 4.54. The zero-order chi connectivity index (χ0) is 15.5. The first kappa shape index (κ1) is 15.2. The number of methoxy groups -OCH3 is 1. The molecule has 8 heteroatoms. The van der Waals surface area contributed by atoms with Crippen LogP contribution >= 0.6 is 0 Å². The Morgan fingerprint density at radius 3 is 2.62 bits per heavy atom. The van der Waals surface area contributed by atoms with Gasteiger partial charge in [0.05, 0.1) is 12.5 Å². The molecule has 1 unspecified atom stereocenters. The molecule has 0 N–H and O–H groups in total. The van der Waals surface area contributed by atoms with E-state index in [9.17, 15) is 18.0 Å². The highest BCUT2D eigenvalue weighted by atomic mass is 19.4. The van der Waals surface area contributed by atoms with E-state index in [-0.39, 0.29) is 5.78 Å². The van der Waals surface area contributed by atoms with E-state index >= 15 is 0 Å². The van der Waals surface area contributed by atoms with Crippen molar-refractivity contribution >= 4 is 5.78 Å². The van der Waals surface area contributed by atoms with Gasteiger partial charge in [-0.25, -0.2) is 0 Å². The van der Waals surface area contributed by atoms with Gasteiger partial charge in [-0.15, -0.1) is 0 Å². The second kappa shape index (κ2) is 4.65. The van der Waals surface area contributed by atoms with Crippen molar-refractivity contribution in [1.29, 1.82) is 0 Å². The minimum atomic E-state index is -4.41. The molecule has 2 saturated heterocycles. The standard InChI is InChI=1S/C13H17F3O5/c1-11(10(21-11)19-6-13(14,15)16)9-8(18-2)7(17)3-4-12(9)5-20-12/h8-10H,3-6H2,1-2H3/t8-,9-,10+,11?,12+/m1/s1. The molecule has 0 radical (unpaired) electrons. The van der Waals surface area contributed by atoms with E-state index in [0.29, 0.717) is 19.4 Å². The summed E-state index contributed by atoms with van der Waals surface area (Å²) in [5.41, 5.74) is -1.52. The number of Topliss-reactive ketones (excluding diaryl/α,β-unsaturated/α-hetero) is 1. The van der Waals surface area contributed by atoms with E-state index in [1.807, 2.05) is 0 Å². The molecule has 0 aromatic rings. The van der Waals surface area contributed by atoms with Gasteiger partial charge in [0.1, 0.15) is 23.9 Å². The lowest BCUT2D eigenvalue weighted by atomic mass is 9.70. The van der Waals surface area contributed by atoms with Gasteiger partial charge in [-0.3, -0.25) is 4.79 Å². The molecule has 3 rings (SSSR count). The summed E-state index contributed by atoms with van der Waals surface area (Å²) in [6.07, 6.45) is -5.25. The van der Waals surface area contributed by atoms with Crippen molar-refractivity contribution in [3.05, 3.63) is 0 Å². The summed E-state index contributed by atoms with van der Waals surface area (Å²) in [5.74, 6) is -0.524. The number of ether oxygens (including phenoxy) is 4. The number of hydrogen-bond donors (Lipinski definition) is 0. The van der Waals surface area contributed by atoms with Crippen molar-refractivity contribution in [3.8, 4) is 0 Å². The highest BCUT2D eigenvalue weighted by Crippen LogP contribution is 2.58. The number of hydrogen-bond acceptors (Lipinski definition) is 5. The molecule has 2 heterocycles. The topological polar surface area (TPSA) is 60.6 Å². The first-order valence-electron chi connectivity index (χ1n) is 6.77. The molecule has 120 valence electrons. The number of halogens is 3. The van der Waals surface area contributed by atoms with Crippen LogP contribution in [0.4, 0.5) is 13.2 Å². The third-order valence-electron chi connectivity index (χ3n) is 4.54. The molecule has 1 spiro atoms. The van der Waals surface area contributed by atoms with Gasteiger partial charge in [0.25, 0.3) is 0 Å². The Hall–Kier alpha value is -0.700. The maximum atomic E-state index is 12.2. The molecule has 3 aliphatic rings. The number of ketones is 1. The molecule has 0 amide bonds. The number of epoxide rings is 2. The lowest BCUT2D eigenvalue weighted by molar-refractivity contribution is -0.184. The van der Waals surface area contributed by atoms with E-state index in [2.05, 4.69) is 0 Å². The highest BCUT2D eigenvalue weighted by molar-refractivity contribution is 5.85. The summed E-state index contributed by atoms with van der Waals surface area (Å²) >= 11 is 0. The largest absolute Gasteiger partial charge is 0.411 e. The van der Waals surface area contributed by atoms with Crippen molar-refractivity contribution in [1.82, 2.24) is 0 Å². The van der Waals surface area contributed by atoms with Crippen LogP contribution in [0.25, 0.3) is 0 Å². The lowest BCUT2D eigenvalue weighted by Crippen LogP contribution is -2.53. The molecule has 5 atom stereocenters. The molecule has 5 nitrogen and oxygen atoms in total. The zero-order valence-electron chi connectivity index (χ0n) is 11.7. The van der Waals surface area contributed by atoms with Crippen LogP contribution in [0.1, 0.15) is 19.8 Å². The number of rotatable bonds is 4. The normalized spacial score (nSPS) is 46.0. The predicted octanol–water partition coefficient (Wildman–Crippen LogP) is 1.44. The van der Waals surface area contributed by atoms with Crippen LogP contribution in [-0.4, -0.2) is 55.9 Å². The van der Waals surface area contributed by atoms with Gasteiger partial charge in [0.2, 0.25) is 0 Å². The van der Waals surface area contributed by atoms with E-state index in [0.717, 1.165) is 0 Å². The summed E-state index contributed by atoms with van der Waals surface area (Å²) in [6, 6.07) is 0. The molecule has 1 saturated carbocycles. The molecule has 0 bridgehead atoms. The summed E-state index contributed by atoms with van der Waals surface area (Å²) < 4.78 is 57.6. The number of alkyl halides is 3. The van der Waals surface area contributed by atoms with Crippen LogP contribution in [0.3, 0.4) is 0 Å². The van der Waals surface area contributed by atoms with Gasteiger partial charge < -0.3 is 18.9 Å². The minimum Gasteiger partial charge on any atom is -0.373 e. The third kappa shape index (κ3) is 2.58. The Kier molecular flexibility index (Phi) is 3.36. The quantitative estimate of drug-likeness (QED) is 0.735.